The van der Waals surface area contributed by atoms with Crippen molar-refractivity contribution in [2.45, 2.75) is 44.7 Å². The van der Waals surface area contributed by atoms with Gasteiger partial charge in [-0.3, -0.25) is 9.69 Å². The smallest absolute Gasteiger partial charge is 0.325 e. The Morgan fingerprint density at radius 3 is 2.71 bits per heavy atom. The van der Waals surface area contributed by atoms with Crippen LogP contribution in [0.1, 0.15) is 42.9 Å². The predicted molar refractivity (Wildman–Crippen MR) is 80.7 cm³/mol. The van der Waals surface area contributed by atoms with Gasteiger partial charge in [0, 0.05) is 12.6 Å². The maximum atomic E-state index is 13.4. The van der Waals surface area contributed by atoms with Crippen LogP contribution in [-0.2, 0) is 4.79 Å². The van der Waals surface area contributed by atoms with E-state index < -0.39 is 12.0 Å². The number of nitrogens with zero attached hydrogens (tertiary/aromatic N) is 1. The highest BCUT2D eigenvalue weighted by molar-refractivity contribution is 5.75. The third-order valence-electron chi connectivity index (χ3n) is 4.20. The summed E-state index contributed by atoms with van der Waals surface area (Å²) in [4.78, 5) is 13.8. The van der Waals surface area contributed by atoms with Gasteiger partial charge in [0.25, 0.3) is 0 Å². The van der Waals surface area contributed by atoms with Crippen LogP contribution < -0.4 is 0 Å². The summed E-state index contributed by atoms with van der Waals surface area (Å²) >= 11 is 0. The molecule has 3 nitrogen and oxygen atoms in total. The topological polar surface area (TPSA) is 40.5 Å². The first-order valence-corrected chi connectivity index (χ1v) is 7.40. The molecule has 1 aliphatic carbocycles. The fourth-order valence-electron chi connectivity index (χ4n) is 3.16. The molecule has 0 spiro atoms. The minimum Gasteiger partial charge on any atom is -0.480 e. The van der Waals surface area contributed by atoms with E-state index in [0.29, 0.717) is 17.7 Å². The van der Waals surface area contributed by atoms with E-state index in [1.807, 2.05) is 4.90 Å². The van der Waals surface area contributed by atoms with Gasteiger partial charge >= 0.3 is 5.97 Å². The number of carboxylic acid groups (broad SMARTS) is 1. The van der Waals surface area contributed by atoms with Crippen LogP contribution in [0.3, 0.4) is 0 Å². The summed E-state index contributed by atoms with van der Waals surface area (Å²) in [5, 5.41) is 9.67. The second-order valence-corrected chi connectivity index (χ2v) is 5.67. The molecule has 1 N–H and O–H groups in total. The molecule has 0 radical (unpaired) electrons. The van der Waals surface area contributed by atoms with Crippen LogP contribution in [0.5, 0.6) is 0 Å². The van der Waals surface area contributed by atoms with E-state index in [0.717, 1.165) is 25.7 Å². The quantitative estimate of drug-likeness (QED) is 0.813. The molecule has 1 aromatic carbocycles. The summed E-state index contributed by atoms with van der Waals surface area (Å²) in [5.41, 5.74) is 1.11. The van der Waals surface area contributed by atoms with Crippen molar-refractivity contribution < 1.29 is 14.3 Å². The number of benzene rings is 1. The molecule has 4 heteroatoms. The normalized spacial score (nSPS) is 17.1. The Hall–Kier alpha value is -1.68. The largest absolute Gasteiger partial charge is 0.480 e. The summed E-state index contributed by atoms with van der Waals surface area (Å²) in [7, 11) is 0. The zero-order valence-corrected chi connectivity index (χ0v) is 12.4. The van der Waals surface area contributed by atoms with Gasteiger partial charge in [0.15, 0.2) is 0 Å². The summed E-state index contributed by atoms with van der Waals surface area (Å²) in [6.07, 6.45) is 6.03. The number of carbonyl (C=O) groups is 1. The van der Waals surface area contributed by atoms with E-state index in [1.165, 1.54) is 6.07 Å². The second-order valence-electron chi connectivity index (χ2n) is 5.67. The van der Waals surface area contributed by atoms with Crippen LogP contribution in [0.15, 0.2) is 30.9 Å². The fraction of sp³-hybridized carbons (Fsp3) is 0.471. The molecule has 0 aromatic heterocycles. The van der Waals surface area contributed by atoms with E-state index in [-0.39, 0.29) is 11.9 Å². The van der Waals surface area contributed by atoms with Gasteiger partial charge in [-0.1, -0.05) is 31.1 Å². The Morgan fingerprint density at radius 2 is 2.19 bits per heavy atom. The fourth-order valence-corrected chi connectivity index (χ4v) is 3.16. The number of aliphatic carboxylic acids is 1. The van der Waals surface area contributed by atoms with E-state index >= 15 is 0 Å². The maximum Gasteiger partial charge on any atom is 0.325 e. The van der Waals surface area contributed by atoms with E-state index in [1.54, 1.807) is 25.1 Å². The molecule has 1 saturated carbocycles. The molecule has 0 heterocycles. The lowest BCUT2D eigenvalue weighted by Gasteiger charge is -2.33. The van der Waals surface area contributed by atoms with Crippen LogP contribution >= 0.6 is 0 Å². The van der Waals surface area contributed by atoms with Crippen molar-refractivity contribution >= 4 is 5.97 Å². The lowest BCUT2D eigenvalue weighted by atomic mass is 10.00. The Bertz CT molecular complexity index is 524. The minimum absolute atomic E-state index is 0.259. The van der Waals surface area contributed by atoms with Gasteiger partial charge in [0.05, 0.1) is 0 Å². The van der Waals surface area contributed by atoms with Crippen LogP contribution in [0, 0.1) is 12.7 Å². The molecule has 2 rings (SSSR count). The first kappa shape index (κ1) is 15.7. The van der Waals surface area contributed by atoms with Gasteiger partial charge in [-0.25, -0.2) is 4.39 Å². The summed E-state index contributed by atoms with van der Waals surface area (Å²) in [5.74, 6) is -1.20. The van der Waals surface area contributed by atoms with Gasteiger partial charge in [0.2, 0.25) is 0 Å². The van der Waals surface area contributed by atoms with Gasteiger partial charge < -0.3 is 5.11 Å². The number of carboxylic acids is 1. The van der Waals surface area contributed by atoms with Gasteiger partial charge in [0.1, 0.15) is 11.9 Å². The number of hydrogen-bond acceptors (Lipinski definition) is 2. The van der Waals surface area contributed by atoms with Gasteiger partial charge in [-0.2, -0.15) is 0 Å². The molecule has 114 valence electrons. The van der Waals surface area contributed by atoms with Crippen molar-refractivity contribution in [3.8, 4) is 0 Å². The highest BCUT2D eigenvalue weighted by Gasteiger charge is 2.33. The van der Waals surface area contributed by atoms with Gasteiger partial charge in [-0.05, 0) is 37.0 Å². The third kappa shape index (κ3) is 3.50. The SMILES string of the molecule is C=CCN(C1CCCC1)[C@H](C(=O)O)c1ccc(F)c(C)c1. The van der Waals surface area contributed by atoms with Crippen LogP contribution in [0.4, 0.5) is 4.39 Å². The molecule has 1 aliphatic rings. The number of hydrogen-bond donors (Lipinski definition) is 1. The van der Waals surface area contributed by atoms with E-state index in [4.69, 9.17) is 0 Å². The minimum atomic E-state index is -0.894. The van der Waals surface area contributed by atoms with Crippen molar-refractivity contribution in [2.75, 3.05) is 6.54 Å². The Kier molecular flexibility index (Phi) is 5.12. The highest BCUT2D eigenvalue weighted by Crippen LogP contribution is 2.32. The van der Waals surface area contributed by atoms with Crippen LogP contribution in [0.25, 0.3) is 0 Å². The average Bonchev–Trinajstić information content (AvgIpc) is 2.95. The van der Waals surface area contributed by atoms with Gasteiger partial charge in [-0.15, -0.1) is 6.58 Å². The molecule has 0 unspecified atom stereocenters. The molecule has 0 saturated heterocycles. The van der Waals surface area contributed by atoms with Crippen LogP contribution in [-0.4, -0.2) is 28.6 Å². The molecular formula is C17H22FNO2. The lowest BCUT2D eigenvalue weighted by Crippen LogP contribution is -2.40. The Morgan fingerprint density at radius 1 is 1.52 bits per heavy atom. The molecule has 0 bridgehead atoms. The molecule has 1 fully saturated rings. The maximum absolute atomic E-state index is 13.4. The first-order valence-electron chi connectivity index (χ1n) is 7.40. The molecule has 1 aromatic rings. The summed E-state index contributed by atoms with van der Waals surface area (Å²) in [6.45, 7) is 5.93. The van der Waals surface area contributed by atoms with Crippen molar-refractivity contribution in [3.05, 3.63) is 47.8 Å². The molecule has 21 heavy (non-hydrogen) atoms. The summed E-state index contributed by atoms with van der Waals surface area (Å²) < 4.78 is 13.4. The van der Waals surface area contributed by atoms with Crippen molar-refractivity contribution in [2.24, 2.45) is 0 Å². The zero-order valence-electron chi connectivity index (χ0n) is 12.4. The van der Waals surface area contributed by atoms with Crippen LogP contribution in [0.2, 0.25) is 0 Å². The standard InChI is InChI=1S/C17H22FNO2/c1-3-10-19(14-6-4-5-7-14)16(17(20)21)13-8-9-15(18)12(2)11-13/h3,8-9,11,14,16H,1,4-7,10H2,2H3,(H,20,21)/t16-/m0/s1. The monoisotopic (exact) mass is 291 g/mol. The first-order chi connectivity index (χ1) is 10.0. The highest BCUT2D eigenvalue weighted by atomic mass is 19.1. The van der Waals surface area contributed by atoms with E-state index in [9.17, 15) is 14.3 Å². The number of rotatable bonds is 6. The van der Waals surface area contributed by atoms with Crippen molar-refractivity contribution in [1.29, 1.82) is 0 Å². The second kappa shape index (κ2) is 6.85. The van der Waals surface area contributed by atoms with Crippen molar-refractivity contribution in [1.82, 2.24) is 4.90 Å². The molecule has 1 atom stereocenters. The Labute approximate surface area is 125 Å². The number of aryl methyl sites for hydroxylation is 1. The Balaban J connectivity index is 2.36. The molecule has 0 amide bonds. The molecular weight excluding hydrogens is 269 g/mol. The third-order valence-corrected chi connectivity index (χ3v) is 4.20. The zero-order chi connectivity index (χ0) is 15.4. The summed E-state index contributed by atoms with van der Waals surface area (Å²) in [6, 6.07) is 4.08. The lowest BCUT2D eigenvalue weighted by molar-refractivity contribution is -0.144. The van der Waals surface area contributed by atoms with Crippen molar-refractivity contribution in [3.63, 3.8) is 0 Å². The van der Waals surface area contributed by atoms with E-state index in [2.05, 4.69) is 6.58 Å². The molecule has 0 aliphatic heterocycles. The predicted octanol–water partition coefficient (Wildman–Crippen LogP) is 3.69. The average molecular weight is 291 g/mol. The number of halogens is 1.